The highest BCUT2D eigenvalue weighted by Gasteiger charge is 2.40. The van der Waals surface area contributed by atoms with Crippen LogP contribution in [0.4, 0.5) is 13.2 Å². The fourth-order valence-electron chi connectivity index (χ4n) is 4.57. The van der Waals surface area contributed by atoms with Crippen molar-refractivity contribution in [3.05, 3.63) is 23.8 Å². The van der Waals surface area contributed by atoms with Gasteiger partial charge >= 0.3 is 6.36 Å². The van der Waals surface area contributed by atoms with E-state index in [2.05, 4.69) is 15.0 Å². The van der Waals surface area contributed by atoms with Gasteiger partial charge in [0.1, 0.15) is 0 Å². The zero-order valence-electron chi connectivity index (χ0n) is 18.5. The van der Waals surface area contributed by atoms with Gasteiger partial charge < -0.3 is 24.8 Å². The highest BCUT2D eigenvalue weighted by atomic mass is 19.4. The predicted molar refractivity (Wildman–Crippen MR) is 114 cm³/mol. The zero-order valence-corrected chi connectivity index (χ0v) is 18.5. The SMILES string of the molecule is CC(C)COc1ccc(C(CN2CCNCC2)C2(O)CCCCC2)cc1OC(F)(F)F. The molecule has 1 aliphatic carbocycles. The van der Waals surface area contributed by atoms with E-state index in [4.69, 9.17) is 4.74 Å². The first-order chi connectivity index (χ1) is 14.7. The highest BCUT2D eigenvalue weighted by Crippen LogP contribution is 2.43. The summed E-state index contributed by atoms with van der Waals surface area (Å²) in [5.41, 5.74) is -0.266. The van der Waals surface area contributed by atoms with Crippen LogP contribution in [0, 0.1) is 5.92 Å². The van der Waals surface area contributed by atoms with E-state index in [1.807, 2.05) is 13.8 Å². The van der Waals surface area contributed by atoms with Crippen LogP contribution in [-0.2, 0) is 0 Å². The lowest BCUT2D eigenvalue weighted by Crippen LogP contribution is -2.49. The second kappa shape index (κ2) is 10.4. The number of aliphatic hydroxyl groups is 1. The molecule has 0 amide bonds. The van der Waals surface area contributed by atoms with Gasteiger partial charge in [-0.2, -0.15) is 0 Å². The summed E-state index contributed by atoms with van der Waals surface area (Å²) < 4.78 is 49.3. The van der Waals surface area contributed by atoms with Gasteiger partial charge in [-0.25, -0.2) is 0 Å². The lowest BCUT2D eigenvalue weighted by Gasteiger charge is -2.42. The van der Waals surface area contributed by atoms with Crippen molar-refractivity contribution in [2.75, 3.05) is 39.3 Å². The number of hydrogen-bond acceptors (Lipinski definition) is 5. The van der Waals surface area contributed by atoms with E-state index in [0.29, 0.717) is 31.6 Å². The molecule has 0 aromatic heterocycles. The monoisotopic (exact) mass is 444 g/mol. The van der Waals surface area contributed by atoms with E-state index in [0.717, 1.165) is 45.4 Å². The topological polar surface area (TPSA) is 54.0 Å². The molecule has 0 bridgehead atoms. The molecule has 8 heteroatoms. The van der Waals surface area contributed by atoms with Gasteiger partial charge in [0, 0.05) is 38.6 Å². The van der Waals surface area contributed by atoms with Crippen LogP contribution in [0.1, 0.15) is 57.4 Å². The number of nitrogens with one attached hydrogen (secondary N) is 1. The predicted octanol–water partition coefficient (Wildman–Crippen LogP) is 4.30. The Balaban J connectivity index is 1.93. The first-order valence-electron chi connectivity index (χ1n) is 11.3. The van der Waals surface area contributed by atoms with Gasteiger partial charge in [0.05, 0.1) is 12.2 Å². The molecule has 2 N–H and O–H groups in total. The summed E-state index contributed by atoms with van der Waals surface area (Å²) in [4.78, 5) is 2.28. The molecule has 2 aliphatic rings. The Bertz CT molecular complexity index is 700. The van der Waals surface area contributed by atoms with E-state index in [1.165, 1.54) is 6.07 Å². The molecule has 5 nitrogen and oxygen atoms in total. The van der Waals surface area contributed by atoms with E-state index in [9.17, 15) is 18.3 Å². The Morgan fingerprint density at radius 3 is 2.39 bits per heavy atom. The molecule has 1 atom stereocenters. The van der Waals surface area contributed by atoms with Crippen LogP contribution < -0.4 is 14.8 Å². The molecule has 1 aromatic carbocycles. The second-order valence-corrected chi connectivity index (χ2v) is 9.23. The Labute approximate surface area is 182 Å². The van der Waals surface area contributed by atoms with E-state index < -0.39 is 12.0 Å². The van der Waals surface area contributed by atoms with Crippen LogP contribution in [0.5, 0.6) is 11.5 Å². The minimum atomic E-state index is -4.82. The molecule has 176 valence electrons. The molecule has 1 aliphatic heterocycles. The number of hydrogen-bond donors (Lipinski definition) is 2. The quantitative estimate of drug-likeness (QED) is 0.626. The van der Waals surface area contributed by atoms with Gasteiger partial charge in [-0.05, 0) is 36.5 Å². The fourth-order valence-corrected chi connectivity index (χ4v) is 4.57. The summed E-state index contributed by atoms with van der Waals surface area (Å²) in [5, 5.41) is 14.9. The van der Waals surface area contributed by atoms with E-state index >= 15 is 0 Å². The molecule has 0 radical (unpaired) electrons. The molecule has 3 rings (SSSR count). The molecular formula is C23H35F3N2O3. The number of ether oxygens (including phenoxy) is 2. The molecule has 31 heavy (non-hydrogen) atoms. The molecule has 2 fully saturated rings. The number of halogens is 3. The zero-order chi connectivity index (χ0) is 22.5. The average Bonchev–Trinajstić information content (AvgIpc) is 2.71. The summed E-state index contributed by atoms with van der Waals surface area (Å²) in [6.07, 6.45) is -0.570. The van der Waals surface area contributed by atoms with Gasteiger partial charge in [0.2, 0.25) is 0 Å². The molecular weight excluding hydrogens is 409 g/mol. The van der Waals surface area contributed by atoms with Crippen molar-refractivity contribution in [1.29, 1.82) is 0 Å². The third-order valence-electron chi connectivity index (χ3n) is 6.19. The Morgan fingerprint density at radius 2 is 1.77 bits per heavy atom. The van der Waals surface area contributed by atoms with Crippen molar-refractivity contribution in [1.82, 2.24) is 10.2 Å². The number of rotatable bonds is 8. The van der Waals surface area contributed by atoms with Gasteiger partial charge in [-0.15, -0.1) is 13.2 Å². The summed E-state index contributed by atoms with van der Waals surface area (Å²) in [6.45, 7) is 8.21. The Morgan fingerprint density at radius 1 is 1.10 bits per heavy atom. The lowest BCUT2D eigenvalue weighted by atomic mass is 9.72. The maximum atomic E-state index is 13.1. The largest absolute Gasteiger partial charge is 0.573 e. The summed E-state index contributed by atoms with van der Waals surface area (Å²) >= 11 is 0. The molecule has 1 saturated heterocycles. The molecule has 1 unspecified atom stereocenters. The summed E-state index contributed by atoms with van der Waals surface area (Å²) in [5.74, 6) is -0.385. The summed E-state index contributed by atoms with van der Waals surface area (Å²) in [7, 11) is 0. The number of piperazine rings is 1. The molecule has 0 spiro atoms. The van der Waals surface area contributed by atoms with Gasteiger partial charge in [-0.1, -0.05) is 39.2 Å². The van der Waals surface area contributed by atoms with E-state index in [1.54, 1.807) is 12.1 Å². The van der Waals surface area contributed by atoms with Crippen molar-refractivity contribution in [3.63, 3.8) is 0 Å². The highest BCUT2D eigenvalue weighted by molar-refractivity contribution is 5.45. The maximum Gasteiger partial charge on any atom is 0.573 e. The summed E-state index contributed by atoms with van der Waals surface area (Å²) in [6, 6.07) is 4.76. The minimum Gasteiger partial charge on any atom is -0.489 e. The van der Waals surface area contributed by atoms with Crippen LogP contribution in [-0.4, -0.2) is 61.3 Å². The maximum absolute atomic E-state index is 13.1. The van der Waals surface area contributed by atoms with Crippen LogP contribution in [0.2, 0.25) is 0 Å². The number of benzene rings is 1. The Kier molecular flexibility index (Phi) is 8.10. The van der Waals surface area contributed by atoms with Crippen LogP contribution >= 0.6 is 0 Å². The molecule has 1 saturated carbocycles. The third-order valence-corrected chi connectivity index (χ3v) is 6.19. The molecule has 1 heterocycles. The van der Waals surface area contributed by atoms with Crippen LogP contribution in [0.15, 0.2) is 18.2 Å². The molecule has 1 aromatic rings. The van der Waals surface area contributed by atoms with Gasteiger partial charge in [0.15, 0.2) is 11.5 Å². The van der Waals surface area contributed by atoms with Gasteiger partial charge in [0.25, 0.3) is 0 Å². The van der Waals surface area contributed by atoms with Crippen molar-refractivity contribution in [3.8, 4) is 11.5 Å². The minimum absolute atomic E-state index is 0.0753. The lowest BCUT2D eigenvalue weighted by molar-refractivity contribution is -0.275. The number of alkyl halides is 3. The van der Waals surface area contributed by atoms with Gasteiger partial charge in [-0.3, -0.25) is 0 Å². The first kappa shape index (κ1) is 24.1. The fraction of sp³-hybridized carbons (Fsp3) is 0.739. The van der Waals surface area contributed by atoms with Crippen molar-refractivity contribution in [2.45, 2.75) is 63.8 Å². The average molecular weight is 445 g/mol. The smallest absolute Gasteiger partial charge is 0.489 e. The van der Waals surface area contributed by atoms with E-state index in [-0.39, 0.29) is 23.3 Å². The van der Waals surface area contributed by atoms with Crippen LogP contribution in [0.25, 0.3) is 0 Å². The van der Waals surface area contributed by atoms with Crippen molar-refractivity contribution < 1.29 is 27.8 Å². The second-order valence-electron chi connectivity index (χ2n) is 9.23. The standard InChI is InChI=1S/C23H35F3N2O3/c1-17(2)16-30-20-7-6-18(14-21(20)31-23(24,25)26)19(15-28-12-10-27-11-13-28)22(29)8-4-3-5-9-22/h6-7,14,17,19,27,29H,3-5,8-13,15-16H2,1-2H3. The van der Waals surface area contributed by atoms with Crippen molar-refractivity contribution in [2.24, 2.45) is 5.92 Å². The van der Waals surface area contributed by atoms with Crippen LogP contribution in [0.3, 0.4) is 0 Å². The Hall–Kier alpha value is -1.51. The third kappa shape index (κ3) is 6.99. The first-order valence-corrected chi connectivity index (χ1v) is 11.3. The number of nitrogens with zero attached hydrogens (tertiary/aromatic N) is 1. The van der Waals surface area contributed by atoms with Crippen molar-refractivity contribution >= 4 is 0 Å². The normalized spacial score (nSPS) is 21.1.